The molecular weight excluding hydrogens is 268 g/mol. The molecule has 4 heteroatoms. The summed E-state index contributed by atoms with van der Waals surface area (Å²) in [6.45, 7) is 2.55. The minimum Gasteiger partial charge on any atom is -0.351 e. The second kappa shape index (κ2) is 6.66. The molecule has 0 heterocycles. The molecule has 0 radical (unpaired) electrons. The average Bonchev–Trinajstić information content (AvgIpc) is 2.28. The zero-order valence-electron chi connectivity index (χ0n) is 9.37. The minimum absolute atomic E-state index is 0.0789. The summed E-state index contributed by atoms with van der Waals surface area (Å²) in [6.07, 6.45) is 1.65. The van der Waals surface area contributed by atoms with Gasteiger partial charge in [-0.05, 0) is 24.1 Å². The number of rotatable bonds is 5. The van der Waals surface area contributed by atoms with E-state index in [1.54, 1.807) is 0 Å². The van der Waals surface area contributed by atoms with E-state index in [-0.39, 0.29) is 11.9 Å². The minimum atomic E-state index is -0.388. The summed E-state index contributed by atoms with van der Waals surface area (Å²) in [5.41, 5.74) is 6.77. The predicted octanol–water partition coefficient (Wildman–Crippen LogP) is 2.19. The number of nitrogens with two attached hydrogens (primary N) is 1. The van der Waals surface area contributed by atoms with E-state index in [9.17, 15) is 4.79 Å². The zero-order valence-corrected chi connectivity index (χ0v) is 11.0. The molecule has 0 aliphatic rings. The summed E-state index contributed by atoms with van der Waals surface area (Å²) in [5, 5.41) is 2.82. The van der Waals surface area contributed by atoms with Crippen molar-refractivity contribution in [2.45, 2.75) is 32.4 Å². The fourth-order valence-electron chi connectivity index (χ4n) is 1.36. The molecule has 1 unspecified atom stereocenters. The van der Waals surface area contributed by atoms with Gasteiger partial charge in [-0.15, -0.1) is 0 Å². The Morgan fingerprint density at radius 3 is 2.62 bits per heavy atom. The first-order valence-corrected chi connectivity index (χ1v) is 6.20. The lowest BCUT2D eigenvalue weighted by atomic mass is 10.1. The highest BCUT2D eigenvalue weighted by Gasteiger charge is 2.10. The predicted molar refractivity (Wildman–Crippen MR) is 68.9 cm³/mol. The molecule has 1 aromatic rings. The molecule has 3 nitrogen and oxygen atoms in total. The Labute approximate surface area is 105 Å². The van der Waals surface area contributed by atoms with Crippen LogP contribution >= 0.6 is 15.9 Å². The van der Waals surface area contributed by atoms with E-state index in [0.29, 0.717) is 6.54 Å². The number of carbonyl (C=O) groups excluding carboxylic acids is 1. The molecule has 0 aliphatic carbocycles. The first kappa shape index (κ1) is 13.2. The highest BCUT2D eigenvalue weighted by Crippen LogP contribution is 2.10. The molecule has 0 aromatic heterocycles. The van der Waals surface area contributed by atoms with E-state index in [0.717, 1.165) is 22.9 Å². The molecular formula is C12H17BrN2O. The van der Waals surface area contributed by atoms with Crippen molar-refractivity contribution in [2.75, 3.05) is 0 Å². The normalized spacial score (nSPS) is 12.2. The fourth-order valence-corrected chi connectivity index (χ4v) is 1.63. The summed E-state index contributed by atoms with van der Waals surface area (Å²) >= 11 is 3.36. The summed E-state index contributed by atoms with van der Waals surface area (Å²) in [6, 6.07) is 7.45. The van der Waals surface area contributed by atoms with Crippen molar-refractivity contribution >= 4 is 21.8 Å². The summed E-state index contributed by atoms with van der Waals surface area (Å²) in [5.74, 6) is -0.0789. The van der Waals surface area contributed by atoms with Crippen LogP contribution in [0.15, 0.2) is 28.7 Å². The lowest BCUT2D eigenvalue weighted by molar-refractivity contribution is -0.122. The van der Waals surface area contributed by atoms with Gasteiger partial charge in [0.1, 0.15) is 0 Å². The maximum absolute atomic E-state index is 11.5. The SMILES string of the molecule is CCCC(N)C(=O)NCc1ccc(Br)cc1. The third kappa shape index (κ3) is 4.33. The number of nitrogens with one attached hydrogen (secondary N) is 1. The van der Waals surface area contributed by atoms with E-state index >= 15 is 0 Å². The summed E-state index contributed by atoms with van der Waals surface area (Å²) in [7, 11) is 0. The van der Waals surface area contributed by atoms with Gasteiger partial charge in [-0.25, -0.2) is 0 Å². The van der Waals surface area contributed by atoms with Gasteiger partial charge in [0.15, 0.2) is 0 Å². The van der Waals surface area contributed by atoms with Gasteiger partial charge in [-0.1, -0.05) is 41.4 Å². The van der Waals surface area contributed by atoms with E-state index in [1.807, 2.05) is 31.2 Å². The molecule has 0 bridgehead atoms. The summed E-state index contributed by atoms with van der Waals surface area (Å²) < 4.78 is 1.03. The number of amides is 1. The van der Waals surface area contributed by atoms with Crippen molar-refractivity contribution in [3.8, 4) is 0 Å². The topological polar surface area (TPSA) is 55.1 Å². The van der Waals surface area contributed by atoms with E-state index in [4.69, 9.17) is 5.73 Å². The van der Waals surface area contributed by atoms with E-state index in [1.165, 1.54) is 0 Å². The van der Waals surface area contributed by atoms with Gasteiger partial charge in [0.25, 0.3) is 0 Å². The highest BCUT2D eigenvalue weighted by molar-refractivity contribution is 9.10. The molecule has 0 spiro atoms. The van der Waals surface area contributed by atoms with Gasteiger partial charge >= 0.3 is 0 Å². The fraction of sp³-hybridized carbons (Fsp3) is 0.417. The Balaban J connectivity index is 2.39. The molecule has 1 rings (SSSR count). The zero-order chi connectivity index (χ0) is 12.0. The van der Waals surface area contributed by atoms with Crippen molar-refractivity contribution in [1.82, 2.24) is 5.32 Å². The molecule has 3 N–H and O–H groups in total. The number of carbonyl (C=O) groups is 1. The monoisotopic (exact) mass is 284 g/mol. The molecule has 0 fully saturated rings. The third-order valence-corrected chi connectivity index (χ3v) is 2.85. The first-order valence-electron chi connectivity index (χ1n) is 5.41. The molecule has 0 saturated heterocycles. The lowest BCUT2D eigenvalue weighted by Gasteiger charge is -2.11. The molecule has 1 amide bonds. The maximum atomic E-state index is 11.5. The third-order valence-electron chi connectivity index (χ3n) is 2.32. The van der Waals surface area contributed by atoms with Gasteiger partial charge in [-0.2, -0.15) is 0 Å². The van der Waals surface area contributed by atoms with Gasteiger partial charge < -0.3 is 11.1 Å². The van der Waals surface area contributed by atoms with Crippen LogP contribution in [0.4, 0.5) is 0 Å². The number of benzene rings is 1. The van der Waals surface area contributed by atoms with Crippen molar-refractivity contribution in [3.63, 3.8) is 0 Å². The molecule has 0 saturated carbocycles. The Hall–Kier alpha value is -0.870. The Morgan fingerprint density at radius 2 is 2.06 bits per heavy atom. The van der Waals surface area contributed by atoms with Crippen LogP contribution in [-0.2, 0) is 11.3 Å². The molecule has 88 valence electrons. The number of hydrogen-bond acceptors (Lipinski definition) is 2. The Kier molecular flexibility index (Phi) is 5.49. The van der Waals surface area contributed by atoms with Crippen LogP contribution in [-0.4, -0.2) is 11.9 Å². The standard InChI is InChI=1S/C12H17BrN2O/c1-2-3-11(14)12(16)15-8-9-4-6-10(13)7-5-9/h4-7,11H,2-3,8,14H2,1H3,(H,15,16). The second-order valence-electron chi connectivity index (χ2n) is 3.74. The maximum Gasteiger partial charge on any atom is 0.237 e. The van der Waals surface area contributed by atoms with E-state index < -0.39 is 0 Å². The van der Waals surface area contributed by atoms with Crippen LogP contribution in [0, 0.1) is 0 Å². The van der Waals surface area contributed by atoms with Crippen molar-refractivity contribution < 1.29 is 4.79 Å². The Morgan fingerprint density at radius 1 is 1.44 bits per heavy atom. The number of hydrogen-bond donors (Lipinski definition) is 2. The van der Waals surface area contributed by atoms with Crippen LogP contribution in [0.5, 0.6) is 0 Å². The second-order valence-corrected chi connectivity index (χ2v) is 4.66. The van der Waals surface area contributed by atoms with Crippen LogP contribution < -0.4 is 11.1 Å². The molecule has 0 aliphatic heterocycles. The van der Waals surface area contributed by atoms with Crippen LogP contribution in [0.3, 0.4) is 0 Å². The molecule has 16 heavy (non-hydrogen) atoms. The Bertz CT molecular complexity index is 337. The highest BCUT2D eigenvalue weighted by atomic mass is 79.9. The molecule has 1 aromatic carbocycles. The van der Waals surface area contributed by atoms with Gasteiger partial charge in [0, 0.05) is 11.0 Å². The van der Waals surface area contributed by atoms with Crippen LogP contribution in [0.25, 0.3) is 0 Å². The van der Waals surface area contributed by atoms with Gasteiger partial charge in [0.2, 0.25) is 5.91 Å². The quantitative estimate of drug-likeness (QED) is 0.871. The average molecular weight is 285 g/mol. The van der Waals surface area contributed by atoms with Crippen LogP contribution in [0.2, 0.25) is 0 Å². The summed E-state index contributed by atoms with van der Waals surface area (Å²) in [4.78, 5) is 11.5. The van der Waals surface area contributed by atoms with Crippen LogP contribution in [0.1, 0.15) is 25.3 Å². The van der Waals surface area contributed by atoms with E-state index in [2.05, 4.69) is 21.2 Å². The largest absolute Gasteiger partial charge is 0.351 e. The van der Waals surface area contributed by atoms with Crippen molar-refractivity contribution in [2.24, 2.45) is 5.73 Å². The van der Waals surface area contributed by atoms with Crippen molar-refractivity contribution in [1.29, 1.82) is 0 Å². The first-order chi connectivity index (χ1) is 7.63. The number of halogens is 1. The smallest absolute Gasteiger partial charge is 0.237 e. The van der Waals surface area contributed by atoms with Crippen molar-refractivity contribution in [3.05, 3.63) is 34.3 Å². The van der Waals surface area contributed by atoms with Gasteiger partial charge in [0.05, 0.1) is 6.04 Å². The lowest BCUT2D eigenvalue weighted by Crippen LogP contribution is -2.40. The van der Waals surface area contributed by atoms with Gasteiger partial charge in [-0.3, -0.25) is 4.79 Å². The molecule has 1 atom stereocenters.